The predicted octanol–water partition coefficient (Wildman–Crippen LogP) is 5.90. The highest BCUT2D eigenvalue weighted by molar-refractivity contribution is 6.29. The highest BCUT2D eigenvalue weighted by atomic mass is 35.5. The van der Waals surface area contributed by atoms with Crippen LogP contribution < -0.4 is 4.90 Å². The smallest absolute Gasteiger partial charge is 0.379 e. The minimum atomic E-state index is -4.52. The molecule has 0 aliphatic carbocycles. The van der Waals surface area contributed by atoms with E-state index in [0.29, 0.717) is 49.0 Å². The van der Waals surface area contributed by atoms with Gasteiger partial charge in [-0.25, -0.2) is 4.98 Å². The van der Waals surface area contributed by atoms with E-state index >= 15 is 0 Å². The maximum Gasteiger partial charge on any atom is 0.416 e. The number of alkyl halides is 3. The lowest BCUT2D eigenvalue weighted by atomic mass is 9.76. The summed E-state index contributed by atoms with van der Waals surface area (Å²) in [6.07, 6.45) is 1.44. The zero-order valence-corrected chi connectivity index (χ0v) is 24.5. The van der Waals surface area contributed by atoms with E-state index < -0.39 is 11.7 Å². The molecule has 1 aromatic carbocycles. The number of hydrogen-bond acceptors (Lipinski definition) is 6. The normalized spacial score (nSPS) is 19.1. The molecule has 0 radical (unpaired) electrons. The summed E-state index contributed by atoms with van der Waals surface area (Å²) in [5.41, 5.74) is 1.16. The van der Waals surface area contributed by atoms with Crippen LogP contribution in [0.1, 0.15) is 53.4 Å². The quantitative estimate of drug-likeness (QED) is 0.290. The molecule has 2 aliphatic heterocycles. The molecule has 0 unspecified atom stereocenters. The first-order valence-electron chi connectivity index (χ1n) is 13.8. The second kappa shape index (κ2) is 11.7. The van der Waals surface area contributed by atoms with Crippen molar-refractivity contribution in [1.82, 2.24) is 24.6 Å². The van der Waals surface area contributed by atoms with Crippen LogP contribution in [0, 0.1) is 5.92 Å². The minimum Gasteiger partial charge on any atom is -0.379 e. The number of aromatic nitrogens is 4. The molecule has 5 rings (SSSR count). The zero-order chi connectivity index (χ0) is 29.4. The molecule has 220 valence electrons. The van der Waals surface area contributed by atoms with Gasteiger partial charge in [0, 0.05) is 45.6 Å². The number of halogens is 4. The molecule has 2 aromatic heterocycles. The first-order valence-corrected chi connectivity index (χ1v) is 14.2. The van der Waals surface area contributed by atoms with Crippen LogP contribution in [0.5, 0.6) is 0 Å². The second-order valence-electron chi connectivity index (χ2n) is 11.6. The van der Waals surface area contributed by atoms with Crippen molar-refractivity contribution in [3.63, 3.8) is 0 Å². The average Bonchev–Trinajstić information content (AvgIpc) is 3.29. The molecule has 2 aliphatic rings. The SMILES string of the molecule is C=Cc1cc(CN2CCC[C@H](C)C2)cc(C(F)(F)F)c1CN(C)c1cc(C2(Cc3nncn3C)COC2)cc(Cl)n1. The lowest BCUT2D eigenvalue weighted by Gasteiger charge is -2.42. The summed E-state index contributed by atoms with van der Waals surface area (Å²) in [6.45, 7) is 9.24. The fraction of sp³-hybridized carbons (Fsp3) is 0.500. The Hall–Kier alpha value is -2.95. The Bertz CT molecular complexity index is 1400. The van der Waals surface area contributed by atoms with Crippen molar-refractivity contribution >= 4 is 23.5 Å². The van der Waals surface area contributed by atoms with Gasteiger partial charge >= 0.3 is 6.18 Å². The number of likely N-dealkylation sites (tertiary alicyclic amines) is 1. The molecular formula is C30H36ClF3N6O. The monoisotopic (exact) mass is 588 g/mol. The number of anilines is 1. The van der Waals surface area contributed by atoms with Gasteiger partial charge in [-0.2, -0.15) is 13.2 Å². The Balaban J connectivity index is 1.44. The molecule has 7 nitrogen and oxygen atoms in total. The number of benzene rings is 1. The van der Waals surface area contributed by atoms with Crippen LogP contribution in [0.25, 0.3) is 6.08 Å². The van der Waals surface area contributed by atoms with Crippen molar-refractivity contribution in [2.24, 2.45) is 13.0 Å². The van der Waals surface area contributed by atoms with Crippen molar-refractivity contribution in [1.29, 1.82) is 0 Å². The second-order valence-corrected chi connectivity index (χ2v) is 12.0. The predicted molar refractivity (Wildman–Crippen MR) is 154 cm³/mol. The number of hydrogen-bond donors (Lipinski definition) is 0. The minimum absolute atomic E-state index is 0.0171. The van der Waals surface area contributed by atoms with Crippen LogP contribution in [0.15, 0.2) is 37.2 Å². The Morgan fingerprint density at radius 3 is 2.63 bits per heavy atom. The molecule has 4 heterocycles. The van der Waals surface area contributed by atoms with Crippen molar-refractivity contribution in [2.45, 2.75) is 50.9 Å². The van der Waals surface area contributed by atoms with Gasteiger partial charge in [0.1, 0.15) is 23.1 Å². The summed E-state index contributed by atoms with van der Waals surface area (Å²) in [4.78, 5) is 8.41. The first-order chi connectivity index (χ1) is 19.5. The van der Waals surface area contributed by atoms with E-state index in [2.05, 4.69) is 33.6 Å². The van der Waals surface area contributed by atoms with Crippen LogP contribution in [-0.4, -0.2) is 58.0 Å². The average molecular weight is 589 g/mol. The molecule has 2 saturated heterocycles. The van der Waals surface area contributed by atoms with E-state index in [1.807, 2.05) is 23.7 Å². The maximum absolute atomic E-state index is 14.5. The lowest BCUT2D eigenvalue weighted by molar-refractivity contribution is -0.138. The molecule has 11 heteroatoms. The summed E-state index contributed by atoms with van der Waals surface area (Å²) >= 11 is 6.47. The number of pyridine rings is 1. The van der Waals surface area contributed by atoms with Gasteiger partial charge in [-0.3, -0.25) is 4.90 Å². The number of rotatable bonds is 9. The Morgan fingerprint density at radius 1 is 1.24 bits per heavy atom. The van der Waals surface area contributed by atoms with E-state index in [9.17, 15) is 13.2 Å². The molecular weight excluding hydrogens is 553 g/mol. The van der Waals surface area contributed by atoms with Gasteiger partial charge in [-0.05, 0) is 65.8 Å². The first kappa shape index (κ1) is 29.5. The van der Waals surface area contributed by atoms with Gasteiger partial charge in [0.05, 0.1) is 18.8 Å². The van der Waals surface area contributed by atoms with Gasteiger partial charge < -0.3 is 14.2 Å². The third-order valence-electron chi connectivity index (χ3n) is 8.25. The molecule has 3 aromatic rings. The molecule has 0 saturated carbocycles. The summed E-state index contributed by atoms with van der Waals surface area (Å²) in [5, 5.41) is 8.46. The molecule has 2 fully saturated rings. The fourth-order valence-corrected chi connectivity index (χ4v) is 6.14. The molecule has 41 heavy (non-hydrogen) atoms. The van der Waals surface area contributed by atoms with Gasteiger partial charge in [0.15, 0.2) is 0 Å². The molecule has 0 amide bonds. The Labute approximate surface area is 244 Å². The fourth-order valence-electron chi connectivity index (χ4n) is 5.94. The highest BCUT2D eigenvalue weighted by Gasteiger charge is 2.42. The van der Waals surface area contributed by atoms with E-state index in [1.165, 1.54) is 12.1 Å². The van der Waals surface area contributed by atoms with Crippen molar-refractivity contribution < 1.29 is 17.9 Å². The van der Waals surface area contributed by atoms with E-state index in [4.69, 9.17) is 16.3 Å². The van der Waals surface area contributed by atoms with Crippen molar-refractivity contribution in [2.75, 3.05) is 38.3 Å². The summed E-state index contributed by atoms with van der Waals surface area (Å²) in [7, 11) is 3.61. The van der Waals surface area contributed by atoms with E-state index in [1.54, 1.807) is 24.3 Å². The number of aryl methyl sites for hydroxylation is 1. The zero-order valence-electron chi connectivity index (χ0n) is 23.7. The number of ether oxygens (including phenoxy) is 1. The molecule has 0 bridgehead atoms. The van der Waals surface area contributed by atoms with Gasteiger partial charge in [-0.15, -0.1) is 10.2 Å². The molecule has 0 N–H and O–H groups in total. The van der Waals surface area contributed by atoms with Crippen LogP contribution in [0.2, 0.25) is 5.15 Å². The maximum atomic E-state index is 14.5. The van der Waals surface area contributed by atoms with Gasteiger partial charge in [0.2, 0.25) is 0 Å². The summed E-state index contributed by atoms with van der Waals surface area (Å²) < 4.78 is 50.8. The van der Waals surface area contributed by atoms with Crippen molar-refractivity contribution in [3.05, 3.63) is 76.0 Å². The summed E-state index contributed by atoms with van der Waals surface area (Å²) in [6, 6.07) is 6.82. The van der Waals surface area contributed by atoms with E-state index in [0.717, 1.165) is 37.3 Å². The Kier molecular flexibility index (Phi) is 8.46. The molecule has 0 spiro atoms. The highest BCUT2D eigenvalue weighted by Crippen LogP contribution is 2.39. The topological polar surface area (TPSA) is 59.3 Å². The summed E-state index contributed by atoms with van der Waals surface area (Å²) in [5.74, 6) is 1.82. The Morgan fingerprint density at radius 2 is 2.02 bits per heavy atom. The number of nitrogens with zero attached hydrogens (tertiary/aromatic N) is 6. The van der Waals surface area contributed by atoms with Gasteiger partial charge in [0.25, 0.3) is 0 Å². The van der Waals surface area contributed by atoms with E-state index in [-0.39, 0.29) is 22.7 Å². The van der Waals surface area contributed by atoms with Gasteiger partial charge in [-0.1, -0.05) is 37.2 Å². The lowest BCUT2D eigenvalue weighted by Crippen LogP contribution is -2.49. The third kappa shape index (κ3) is 6.44. The van der Waals surface area contributed by atoms with Crippen LogP contribution in [-0.2, 0) is 42.9 Å². The van der Waals surface area contributed by atoms with Crippen LogP contribution in [0.3, 0.4) is 0 Å². The largest absolute Gasteiger partial charge is 0.416 e. The van der Waals surface area contributed by atoms with Crippen molar-refractivity contribution in [3.8, 4) is 0 Å². The standard InChI is InChI=1S/C30H36ClF3N6O/c1-5-22-9-21(15-40-8-6-7-20(2)14-40)10-25(30(32,33)34)24(22)16-38(3)27-12-23(11-26(31)36-27)29(17-41-18-29)13-28-37-35-19-39(28)4/h5,9-12,19-20H,1,6-8,13-18H2,2-4H3/t20-/m0/s1. The van der Waals surface area contributed by atoms with Crippen LogP contribution in [0.4, 0.5) is 19.0 Å². The van der Waals surface area contributed by atoms with Crippen LogP contribution >= 0.6 is 11.6 Å². The third-order valence-corrected chi connectivity index (χ3v) is 8.45. The number of piperidine rings is 1. The molecule has 1 atom stereocenters.